The molecule has 0 bridgehead atoms. The zero-order valence-electron chi connectivity index (χ0n) is 12.7. The van der Waals surface area contributed by atoms with Crippen LogP contribution in [0.5, 0.6) is 0 Å². The highest BCUT2D eigenvalue weighted by atomic mass is 19.1. The van der Waals surface area contributed by atoms with Gasteiger partial charge in [0.1, 0.15) is 11.9 Å². The summed E-state index contributed by atoms with van der Waals surface area (Å²) < 4.78 is 18.9. The van der Waals surface area contributed by atoms with Gasteiger partial charge in [-0.05, 0) is 37.5 Å². The minimum absolute atomic E-state index is 0.309. The summed E-state index contributed by atoms with van der Waals surface area (Å²) in [5.41, 5.74) is -0.357. The summed E-state index contributed by atoms with van der Waals surface area (Å²) in [5, 5.41) is 9.12. The van der Waals surface area contributed by atoms with Crippen LogP contribution in [0.3, 0.4) is 0 Å². The quantitative estimate of drug-likeness (QED) is 0.921. The van der Waals surface area contributed by atoms with Crippen LogP contribution in [0.15, 0.2) is 24.3 Å². The molecule has 0 spiro atoms. The van der Waals surface area contributed by atoms with Gasteiger partial charge < -0.3 is 14.7 Å². The number of ether oxygens (including phenoxy) is 1. The number of halogens is 1. The van der Waals surface area contributed by atoms with E-state index in [4.69, 9.17) is 9.84 Å². The van der Waals surface area contributed by atoms with E-state index < -0.39 is 23.2 Å². The van der Waals surface area contributed by atoms with Crippen LogP contribution in [0.2, 0.25) is 0 Å². The lowest BCUT2D eigenvalue weighted by Gasteiger charge is -2.40. The van der Waals surface area contributed by atoms with Crippen molar-refractivity contribution in [3.8, 4) is 0 Å². The van der Waals surface area contributed by atoms with Crippen molar-refractivity contribution < 1.29 is 23.8 Å². The van der Waals surface area contributed by atoms with E-state index in [1.807, 2.05) is 0 Å². The van der Waals surface area contributed by atoms with Gasteiger partial charge in [-0.25, -0.2) is 9.18 Å². The van der Waals surface area contributed by atoms with Crippen molar-refractivity contribution in [2.45, 2.75) is 31.2 Å². The summed E-state index contributed by atoms with van der Waals surface area (Å²) in [7, 11) is 1.47. The molecule has 1 aliphatic rings. The first kappa shape index (κ1) is 16.4. The molecule has 120 valence electrons. The Labute approximate surface area is 128 Å². The summed E-state index contributed by atoms with van der Waals surface area (Å²) >= 11 is 0. The van der Waals surface area contributed by atoms with Crippen LogP contribution in [0.1, 0.15) is 25.3 Å². The van der Waals surface area contributed by atoms with E-state index in [0.29, 0.717) is 31.6 Å². The molecule has 1 aromatic carbocycles. The van der Waals surface area contributed by atoms with Gasteiger partial charge in [-0.15, -0.1) is 0 Å². The number of amides is 1. The van der Waals surface area contributed by atoms with E-state index in [-0.39, 0.29) is 5.91 Å². The summed E-state index contributed by atoms with van der Waals surface area (Å²) in [4.78, 5) is 25.3. The first-order chi connectivity index (χ1) is 10.4. The maximum absolute atomic E-state index is 13.6. The van der Waals surface area contributed by atoms with Gasteiger partial charge in [0.15, 0.2) is 0 Å². The lowest BCUT2D eigenvalue weighted by Crippen LogP contribution is -2.52. The second-order valence-corrected chi connectivity index (χ2v) is 5.64. The minimum atomic E-state index is -1.07. The predicted octanol–water partition coefficient (Wildman–Crippen LogP) is 1.81. The van der Waals surface area contributed by atoms with E-state index in [1.54, 1.807) is 12.1 Å². The van der Waals surface area contributed by atoms with Crippen molar-refractivity contribution in [3.05, 3.63) is 35.6 Å². The molecule has 1 aromatic rings. The Morgan fingerprint density at radius 1 is 1.36 bits per heavy atom. The molecule has 0 radical (unpaired) electrons. The van der Waals surface area contributed by atoms with Gasteiger partial charge in [-0.2, -0.15) is 0 Å². The summed E-state index contributed by atoms with van der Waals surface area (Å²) in [6.07, 6.45) is 0.817. The molecule has 5 nitrogen and oxygen atoms in total. The van der Waals surface area contributed by atoms with Gasteiger partial charge in [0.25, 0.3) is 0 Å². The van der Waals surface area contributed by atoms with Crippen LogP contribution in [-0.2, 0) is 19.7 Å². The molecule has 1 fully saturated rings. The number of carbonyl (C=O) groups excluding carboxylic acids is 1. The van der Waals surface area contributed by atoms with Crippen molar-refractivity contribution in [1.29, 1.82) is 0 Å². The molecule has 1 saturated heterocycles. The topological polar surface area (TPSA) is 66.8 Å². The van der Waals surface area contributed by atoms with Crippen molar-refractivity contribution >= 4 is 11.9 Å². The zero-order valence-corrected chi connectivity index (χ0v) is 12.7. The molecular weight excluding hydrogens is 289 g/mol. The number of nitrogens with zero attached hydrogens (tertiary/aromatic N) is 1. The molecule has 0 aliphatic carbocycles. The van der Waals surface area contributed by atoms with Gasteiger partial charge in [0.05, 0.1) is 5.41 Å². The average molecular weight is 309 g/mol. The fraction of sp³-hybridized carbons (Fsp3) is 0.500. The fourth-order valence-corrected chi connectivity index (χ4v) is 2.81. The van der Waals surface area contributed by atoms with Crippen molar-refractivity contribution in [1.82, 2.24) is 4.90 Å². The lowest BCUT2D eigenvalue weighted by atomic mass is 9.73. The van der Waals surface area contributed by atoms with E-state index in [1.165, 1.54) is 31.0 Å². The minimum Gasteiger partial charge on any atom is -0.480 e. The Balaban J connectivity index is 2.41. The number of hydrogen-bond donors (Lipinski definition) is 1. The number of carbonyl (C=O) groups is 2. The van der Waals surface area contributed by atoms with Crippen molar-refractivity contribution in [2.75, 3.05) is 20.3 Å². The average Bonchev–Trinajstić information content (AvgIpc) is 2.53. The maximum atomic E-state index is 13.6. The van der Waals surface area contributed by atoms with Gasteiger partial charge in [-0.1, -0.05) is 12.1 Å². The number of likely N-dealkylation sites (N-methyl/N-ethyl adjacent to an activating group) is 1. The van der Waals surface area contributed by atoms with Crippen LogP contribution in [0.25, 0.3) is 0 Å². The smallest absolute Gasteiger partial charge is 0.326 e. The van der Waals surface area contributed by atoms with E-state index in [2.05, 4.69) is 0 Å². The van der Waals surface area contributed by atoms with Gasteiger partial charge in [0, 0.05) is 20.3 Å². The Morgan fingerprint density at radius 2 is 2.00 bits per heavy atom. The Morgan fingerprint density at radius 3 is 2.55 bits per heavy atom. The Kier molecular flexibility index (Phi) is 4.81. The van der Waals surface area contributed by atoms with Crippen LogP contribution in [0, 0.1) is 5.82 Å². The van der Waals surface area contributed by atoms with Crippen LogP contribution >= 0.6 is 0 Å². The highest BCUT2D eigenvalue weighted by Crippen LogP contribution is 2.37. The van der Waals surface area contributed by atoms with Gasteiger partial charge in [0.2, 0.25) is 5.91 Å². The number of carboxylic acids is 1. The summed E-state index contributed by atoms with van der Waals surface area (Å²) in [6.45, 7) is 2.23. The van der Waals surface area contributed by atoms with Crippen molar-refractivity contribution in [2.24, 2.45) is 0 Å². The van der Waals surface area contributed by atoms with Crippen molar-refractivity contribution in [3.63, 3.8) is 0 Å². The Hall–Kier alpha value is -1.95. The number of benzene rings is 1. The molecule has 2 rings (SSSR count). The largest absolute Gasteiger partial charge is 0.480 e. The standard InChI is InChI=1S/C16H20FNO4/c1-11(14(19)20)18(2)15(21)16(6-8-22-9-7-16)12-4-3-5-13(17)10-12/h3-5,10-11H,6-9H2,1-2H3,(H,19,20). The van der Waals surface area contributed by atoms with Gasteiger partial charge >= 0.3 is 5.97 Å². The molecule has 6 heteroatoms. The third-order valence-electron chi connectivity index (χ3n) is 4.39. The van der Waals surface area contributed by atoms with Gasteiger partial charge in [-0.3, -0.25) is 4.79 Å². The number of hydrogen-bond acceptors (Lipinski definition) is 3. The molecule has 1 unspecified atom stereocenters. The number of carboxylic acid groups (broad SMARTS) is 1. The number of aliphatic carboxylic acids is 1. The van der Waals surface area contributed by atoms with E-state index in [9.17, 15) is 14.0 Å². The first-order valence-corrected chi connectivity index (χ1v) is 7.22. The maximum Gasteiger partial charge on any atom is 0.326 e. The lowest BCUT2D eigenvalue weighted by molar-refractivity contribution is -0.152. The second-order valence-electron chi connectivity index (χ2n) is 5.64. The summed E-state index contributed by atoms with van der Waals surface area (Å²) in [6, 6.07) is 5.01. The zero-order chi connectivity index (χ0) is 16.3. The van der Waals surface area contributed by atoms with Crippen LogP contribution in [0.4, 0.5) is 4.39 Å². The SMILES string of the molecule is CC(C(=O)O)N(C)C(=O)C1(c2cccc(F)c2)CCOCC1. The third-order valence-corrected chi connectivity index (χ3v) is 4.39. The van der Waals surface area contributed by atoms with Crippen LogP contribution in [-0.4, -0.2) is 48.2 Å². The molecule has 1 N–H and O–H groups in total. The molecule has 0 saturated carbocycles. The molecule has 0 aromatic heterocycles. The summed E-state index contributed by atoms with van der Waals surface area (Å²) in [5.74, 6) is -1.79. The van der Waals surface area contributed by atoms with E-state index >= 15 is 0 Å². The molecule has 1 atom stereocenters. The van der Waals surface area contributed by atoms with E-state index in [0.717, 1.165) is 0 Å². The molecule has 1 heterocycles. The second kappa shape index (κ2) is 6.44. The van der Waals surface area contributed by atoms with Crippen LogP contribution < -0.4 is 0 Å². The monoisotopic (exact) mass is 309 g/mol. The molecule has 22 heavy (non-hydrogen) atoms. The third kappa shape index (κ3) is 2.97. The molecular formula is C16H20FNO4. The molecule has 1 aliphatic heterocycles. The highest BCUT2D eigenvalue weighted by molar-refractivity contribution is 5.91. The predicted molar refractivity (Wildman–Crippen MR) is 78.0 cm³/mol. The Bertz CT molecular complexity index is 569. The normalized spacial score (nSPS) is 18.5. The number of rotatable bonds is 4. The fourth-order valence-electron chi connectivity index (χ4n) is 2.81. The first-order valence-electron chi connectivity index (χ1n) is 7.22. The highest BCUT2D eigenvalue weighted by Gasteiger charge is 2.45. The molecule has 1 amide bonds.